The van der Waals surface area contributed by atoms with Crippen molar-refractivity contribution in [2.45, 2.75) is 38.9 Å². The lowest BCUT2D eigenvalue weighted by atomic mass is 10.0. The molecule has 4 rings (SSSR count). The molecule has 0 fully saturated rings. The van der Waals surface area contributed by atoms with Crippen LogP contribution < -0.4 is 15.0 Å². The van der Waals surface area contributed by atoms with Gasteiger partial charge in [0.15, 0.2) is 0 Å². The first-order valence-corrected chi connectivity index (χ1v) is 11.9. The molecule has 0 aliphatic rings. The van der Waals surface area contributed by atoms with Gasteiger partial charge in [0.1, 0.15) is 24.2 Å². The second kappa shape index (κ2) is 11.2. The number of carbonyl (C=O) groups is 2. The van der Waals surface area contributed by atoms with E-state index in [9.17, 15) is 14.0 Å². The van der Waals surface area contributed by atoms with Crippen molar-refractivity contribution in [3.63, 3.8) is 0 Å². The van der Waals surface area contributed by atoms with E-state index < -0.39 is 17.5 Å². The molecule has 0 spiro atoms. The molecule has 11 heteroatoms. The van der Waals surface area contributed by atoms with Gasteiger partial charge in [-0.15, -0.1) is 10.2 Å². The highest BCUT2D eigenvalue weighted by Gasteiger charge is 2.36. The number of tetrazole rings is 1. The van der Waals surface area contributed by atoms with Crippen LogP contribution in [-0.2, 0) is 16.1 Å². The predicted molar refractivity (Wildman–Crippen MR) is 139 cm³/mol. The molecule has 1 atom stereocenters. The summed E-state index contributed by atoms with van der Waals surface area (Å²) in [5.74, 6) is -0.621. The number of nitrogens with zero attached hydrogens (tertiary/aromatic N) is 6. The van der Waals surface area contributed by atoms with Gasteiger partial charge in [-0.3, -0.25) is 19.5 Å². The smallest absolute Gasteiger partial charge is 0.251 e. The maximum atomic E-state index is 14.0. The fraction of sp³-hybridized carbons (Fsp3) is 0.259. The first-order valence-electron chi connectivity index (χ1n) is 11.9. The molecule has 2 heterocycles. The van der Waals surface area contributed by atoms with Crippen molar-refractivity contribution in [3.05, 3.63) is 84.4 Å². The summed E-state index contributed by atoms with van der Waals surface area (Å²) in [6.45, 7) is 5.26. The molecular weight excluding hydrogens is 489 g/mol. The Kier molecular flexibility index (Phi) is 7.75. The number of benzene rings is 2. The van der Waals surface area contributed by atoms with Crippen molar-refractivity contribution in [3.8, 4) is 17.1 Å². The highest BCUT2D eigenvalue weighted by molar-refractivity contribution is 6.02. The van der Waals surface area contributed by atoms with Crippen LogP contribution in [0, 0.1) is 5.82 Å². The molecule has 2 aromatic heterocycles. The number of amides is 2. The molecule has 0 saturated heterocycles. The van der Waals surface area contributed by atoms with E-state index in [1.807, 2.05) is 20.8 Å². The molecule has 0 radical (unpaired) electrons. The summed E-state index contributed by atoms with van der Waals surface area (Å²) in [6.07, 6.45) is 3.12. The van der Waals surface area contributed by atoms with Crippen LogP contribution in [0.25, 0.3) is 11.4 Å². The molecule has 0 aliphatic carbocycles. The number of methoxy groups -OCH3 is 1. The van der Waals surface area contributed by atoms with Gasteiger partial charge in [0.25, 0.3) is 5.91 Å². The minimum atomic E-state index is -1.05. The number of rotatable bonds is 8. The van der Waals surface area contributed by atoms with Crippen LogP contribution in [0.3, 0.4) is 0 Å². The Morgan fingerprint density at radius 1 is 1.05 bits per heavy atom. The fourth-order valence-corrected chi connectivity index (χ4v) is 3.87. The number of ether oxygens (including phenoxy) is 1. The van der Waals surface area contributed by atoms with Gasteiger partial charge in [-0.1, -0.05) is 12.1 Å². The van der Waals surface area contributed by atoms with Crippen molar-refractivity contribution in [1.29, 1.82) is 0 Å². The molecule has 1 N–H and O–H groups in total. The normalized spacial score (nSPS) is 12.0. The van der Waals surface area contributed by atoms with Gasteiger partial charge >= 0.3 is 0 Å². The number of nitrogens with one attached hydrogen (secondary N) is 1. The first-order chi connectivity index (χ1) is 18.2. The molecule has 0 aliphatic heterocycles. The summed E-state index contributed by atoms with van der Waals surface area (Å²) in [7, 11) is 1.49. The van der Waals surface area contributed by atoms with E-state index in [2.05, 4.69) is 25.7 Å². The quantitative estimate of drug-likeness (QED) is 0.380. The van der Waals surface area contributed by atoms with Gasteiger partial charge < -0.3 is 10.1 Å². The minimum absolute atomic E-state index is 0.234. The molecular formula is C27H28FN7O3. The topological polar surface area (TPSA) is 115 Å². The number of hydrogen-bond donors (Lipinski definition) is 1. The number of aromatic nitrogens is 5. The maximum Gasteiger partial charge on any atom is 0.251 e. The standard InChI is InChI=1S/C27H28FN7O3/c1-27(2,3)30-26(37)24(18-13-15-29-16-14-18)35(21-7-5-6-8-22(21)38-4)23(36)17-34-32-25(31-33-34)19-9-11-20(28)12-10-19/h5-16,24H,17H2,1-4H3,(H,30,37)/t24-/m0/s1. The van der Waals surface area contributed by atoms with Crippen molar-refractivity contribution in [2.24, 2.45) is 0 Å². The Morgan fingerprint density at radius 2 is 1.74 bits per heavy atom. The number of halogens is 1. The number of anilines is 1. The Morgan fingerprint density at radius 3 is 2.39 bits per heavy atom. The first kappa shape index (κ1) is 26.4. The lowest BCUT2D eigenvalue weighted by molar-refractivity contribution is -0.128. The molecule has 2 amide bonds. The Labute approximate surface area is 219 Å². The van der Waals surface area contributed by atoms with E-state index in [-0.39, 0.29) is 24.1 Å². The second-order valence-corrected chi connectivity index (χ2v) is 9.51. The van der Waals surface area contributed by atoms with Gasteiger partial charge in [-0.2, -0.15) is 4.80 Å². The molecule has 2 aromatic carbocycles. The van der Waals surface area contributed by atoms with E-state index in [0.29, 0.717) is 22.6 Å². The van der Waals surface area contributed by atoms with Gasteiger partial charge in [0.05, 0.1) is 12.8 Å². The van der Waals surface area contributed by atoms with Crippen molar-refractivity contribution in [1.82, 2.24) is 30.5 Å². The third kappa shape index (κ3) is 6.17. The average molecular weight is 518 g/mol. The molecule has 38 heavy (non-hydrogen) atoms. The van der Waals surface area contributed by atoms with Crippen molar-refractivity contribution >= 4 is 17.5 Å². The van der Waals surface area contributed by atoms with Gasteiger partial charge in [-0.05, 0) is 80.1 Å². The van der Waals surface area contributed by atoms with E-state index in [0.717, 1.165) is 4.80 Å². The minimum Gasteiger partial charge on any atom is -0.495 e. The van der Waals surface area contributed by atoms with Crippen LogP contribution >= 0.6 is 0 Å². The zero-order chi connectivity index (χ0) is 27.3. The van der Waals surface area contributed by atoms with Crippen molar-refractivity contribution < 1.29 is 18.7 Å². The van der Waals surface area contributed by atoms with Crippen molar-refractivity contribution in [2.75, 3.05) is 12.0 Å². The van der Waals surface area contributed by atoms with E-state index >= 15 is 0 Å². The number of hydrogen-bond acceptors (Lipinski definition) is 7. The Hall–Kier alpha value is -4.67. The largest absolute Gasteiger partial charge is 0.495 e. The molecule has 0 bridgehead atoms. The zero-order valence-electron chi connectivity index (χ0n) is 21.5. The van der Waals surface area contributed by atoms with Crippen LogP contribution in [0.15, 0.2) is 73.1 Å². The SMILES string of the molecule is COc1ccccc1N(C(=O)Cn1nnc(-c2ccc(F)cc2)n1)[C@H](C(=O)NC(C)(C)C)c1ccncc1. The average Bonchev–Trinajstić information content (AvgIpc) is 3.35. The van der Waals surface area contributed by atoms with Crippen LogP contribution in [0.5, 0.6) is 5.75 Å². The number of pyridine rings is 1. The zero-order valence-corrected chi connectivity index (χ0v) is 21.5. The Bertz CT molecular complexity index is 1400. The van der Waals surface area contributed by atoms with Gasteiger partial charge in [0.2, 0.25) is 11.7 Å². The highest BCUT2D eigenvalue weighted by Crippen LogP contribution is 2.35. The maximum absolute atomic E-state index is 14.0. The predicted octanol–water partition coefficient (Wildman–Crippen LogP) is 3.57. The van der Waals surface area contributed by atoms with E-state index in [1.165, 1.54) is 36.3 Å². The second-order valence-electron chi connectivity index (χ2n) is 9.51. The van der Waals surface area contributed by atoms with Crippen LogP contribution in [-0.4, -0.2) is 49.7 Å². The van der Waals surface area contributed by atoms with Crippen LogP contribution in [0.4, 0.5) is 10.1 Å². The number of carbonyl (C=O) groups excluding carboxylic acids is 2. The lowest BCUT2D eigenvalue weighted by Crippen LogP contribution is -2.50. The van der Waals surface area contributed by atoms with E-state index in [1.54, 1.807) is 48.8 Å². The third-order valence-corrected chi connectivity index (χ3v) is 5.47. The Balaban J connectivity index is 1.76. The summed E-state index contributed by atoms with van der Waals surface area (Å²) in [5.41, 5.74) is 0.935. The molecule has 0 saturated carbocycles. The summed E-state index contributed by atoms with van der Waals surface area (Å²) in [6, 6.07) is 14.9. The third-order valence-electron chi connectivity index (χ3n) is 5.47. The van der Waals surface area contributed by atoms with Gasteiger partial charge in [0, 0.05) is 23.5 Å². The molecule has 10 nitrogen and oxygen atoms in total. The number of para-hydroxylation sites is 2. The van der Waals surface area contributed by atoms with E-state index in [4.69, 9.17) is 4.74 Å². The molecule has 4 aromatic rings. The lowest BCUT2D eigenvalue weighted by Gasteiger charge is -2.34. The summed E-state index contributed by atoms with van der Waals surface area (Å²) in [5, 5.41) is 15.3. The molecule has 196 valence electrons. The van der Waals surface area contributed by atoms with Crippen LogP contribution in [0.2, 0.25) is 0 Å². The summed E-state index contributed by atoms with van der Waals surface area (Å²) < 4.78 is 18.9. The molecule has 0 unspecified atom stereocenters. The fourth-order valence-electron chi connectivity index (χ4n) is 3.87. The van der Waals surface area contributed by atoms with Gasteiger partial charge in [-0.25, -0.2) is 4.39 Å². The summed E-state index contributed by atoms with van der Waals surface area (Å²) in [4.78, 5) is 34.2. The highest BCUT2D eigenvalue weighted by atomic mass is 19.1. The van der Waals surface area contributed by atoms with Crippen LogP contribution in [0.1, 0.15) is 32.4 Å². The monoisotopic (exact) mass is 517 g/mol. The summed E-state index contributed by atoms with van der Waals surface area (Å²) >= 11 is 0.